The highest BCUT2D eigenvalue weighted by Gasteiger charge is 2.21. The zero-order valence-corrected chi connectivity index (χ0v) is 17.6. The second-order valence-corrected chi connectivity index (χ2v) is 6.95. The molecule has 7 nitrogen and oxygen atoms in total. The van der Waals surface area contributed by atoms with Gasteiger partial charge in [0.05, 0.1) is 12.3 Å². The quantitative estimate of drug-likeness (QED) is 0.617. The Labute approximate surface area is 183 Å². The van der Waals surface area contributed by atoms with E-state index in [9.17, 15) is 20.0 Å². The van der Waals surface area contributed by atoms with Gasteiger partial charge in [-0.2, -0.15) is 15.0 Å². The first-order valence-corrected chi connectivity index (χ1v) is 9.71. The summed E-state index contributed by atoms with van der Waals surface area (Å²) in [6, 6.07) is 13.7. The summed E-state index contributed by atoms with van der Waals surface area (Å²) in [5.41, 5.74) is 0.232. The van der Waals surface area contributed by atoms with Crippen LogP contribution in [0.4, 0.5) is 0 Å². The van der Waals surface area contributed by atoms with Crippen molar-refractivity contribution in [1.29, 1.82) is 5.26 Å². The van der Waals surface area contributed by atoms with Gasteiger partial charge < -0.3 is 9.84 Å². The van der Waals surface area contributed by atoms with E-state index in [2.05, 4.69) is 5.10 Å². The van der Waals surface area contributed by atoms with Crippen LogP contribution >= 0.6 is 11.6 Å². The molecule has 2 aromatic carbocycles. The summed E-state index contributed by atoms with van der Waals surface area (Å²) in [7, 11) is 0. The molecule has 156 valence electrons. The zero-order chi connectivity index (χ0) is 22.5. The molecule has 0 spiro atoms. The monoisotopic (exact) mass is 435 g/mol. The number of aromatic nitrogens is 2. The zero-order valence-electron chi connectivity index (χ0n) is 16.8. The lowest BCUT2D eigenvalue weighted by Gasteiger charge is -2.10. The van der Waals surface area contributed by atoms with E-state index in [4.69, 9.17) is 16.3 Å². The molecule has 1 heterocycles. The van der Waals surface area contributed by atoms with E-state index in [1.54, 1.807) is 49.4 Å². The maximum Gasteiger partial charge on any atom is 0.357 e. The molecular weight excluding hydrogens is 418 g/mol. The molecule has 1 aromatic heterocycles. The van der Waals surface area contributed by atoms with Crippen molar-refractivity contribution in [3.8, 4) is 17.5 Å². The Balaban J connectivity index is 2.13. The fraction of sp³-hybridized carbons (Fsp3) is 0.130. The first kappa shape index (κ1) is 21.8. The van der Waals surface area contributed by atoms with Crippen molar-refractivity contribution < 1.29 is 14.6 Å². The Hall–Kier alpha value is -3.89. The summed E-state index contributed by atoms with van der Waals surface area (Å²) in [6.45, 7) is 4.21. The van der Waals surface area contributed by atoms with E-state index < -0.39 is 17.2 Å². The van der Waals surface area contributed by atoms with Crippen LogP contribution in [0.5, 0.6) is 5.75 Å². The third kappa shape index (κ3) is 4.65. The van der Waals surface area contributed by atoms with Crippen LogP contribution in [0.3, 0.4) is 0 Å². The summed E-state index contributed by atoms with van der Waals surface area (Å²) >= 11 is 6.13. The number of nitriles is 1. The van der Waals surface area contributed by atoms with Crippen LogP contribution in [0.2, 0.25) is 5.02 Å². The van der Waals surface area contributed by atoms with E-state index in [1.165, 1.54) is 12.1 Å². The average Bonchev–Trinajstić information content (AvgIpc) is 2.75. The van der Waals surface area contributed by atoms with Gasteiger partial charge in [0.1, 0.15) is 17.4 Å². The third-order valence-corrected chi connectivity index (χ3v) is 4.89. The van der Waals surface area contributed by atoms with Crippen LogP contribution in [0.15, 0.2) is 47.3 Å². The molecule has 0 aliphatic rings. The van der Waals surface area contributed by atoms with E-state index in [0.717, 1.165) is 15.8 Å². The Morgan fingerprint density at radius 1 is 1.26 bits per heavy atom. The number of hydrogen-bond donors (Lipinski definition) is 1. The van der Waals surface area contributed by atoms with Crippen LogP contribution < -0.4 is 10.3 Å². The number of rotatable bonds is 6. The Morgan fingerprint density at radius 3 is 2.55 bits per heavy atom. The smallest absolute Gasteiger partial charge is 0.357 e. The van der Waals surface area contributed by atoms with Crippen LogP contribution in [-0.4, -0.2) is 27.5 Å². The number of ether oxygens (including phenoxy) is 1. The molecule has 0 saturated carbocycles. The SMILES string of the molecule is CCOc1ccc(/C=C\c2c(C(=O)O)nn(-c3ccc(C)c(Cl)c3)c(=O)c2C#N)cc1. The third-order valence-electron chi connectivity index (χ3n) is 4.48. The maximum atomic E-state index is 12.9. The van der Waals surface area contributed by atoms with E-state index in [0.29, 0.717) is 17.4 Å². The minimum Gasteiger partial charge on any atom is -0.494 e. The van der Waals surface area contributed by atoms with Crippen molar-refractivity contribution in [1.82, 2.24) is 9.78 Å². The molecule has 8 heteroatoms. The molecule has 3 rings (SSSR count). The highest BCUT2D eigenvalue weighted by atomic mass is 35.5. The highest BCUT2D eigenvalue weighted by Crippen LogP contribution is 2.21. The summed E-state index contributed by atoms with van der Waals surface area (Å²) < 4.78 is 6.27. The fourth-order valence-electron chi connectivity index (χ4n) is 2.88. The summed E-state index contributed by atoms with van der Waals surface area (Å²) in [4.78, 5) is 24.8. The van der Waals surface area contributed by atoms with Gasteiger partial charge in [-0.25, -0.2) is 4.79 Å². The van der Waals surface area contributed by atoms with Gasteiger partial charge in [-0.05, 0) is 49.2 Å². The average molecular weight is 436 g/mol. The van der Waals surface area contributed by atoms with Gasteiger partial charge >= 0.3 is 5.97 Å². The molecular formula is C23H18ClN3O4. The molecule has 31 heavy (non-hydrogen) atoms. The molecule has 0 amide bonds. The molecule has 0 fully saturated rings. The van der Waals surface area contributed by atoms with Crippen LogP contribution in [0.1, 0.15) is 39.7 Å². The van der Waals surface area contributed by atoms with Gasteiger partial charge in [0.15, 0.2) is 5.69 Å². The normalized spacial score (nSPS) is 10.8. The van der Waals surface area contributed by atoms with E-state index in [1.807, 2.05) is 13.0 Å². The van der Waals surface area contributed by atoms with Crippen molar-refractivity contribution in [2.45, 2.75) is 13.8 Å². The Morgan fingerprint density at radius 2 is 1.97 bits per heavy atom. The second-order valence-electron chi connectivity index (χ2n) is 6.54. The van der Waals surface area contributed by atoms with Crippen LogP contribution in [0, 0.1) is 18.3 Å². The summed E-state index contributed by atoms with van der Waals surface area (Å²) in [5, 5.41) is 23.7. The van der Waals surface area contributed by atoms with Crippen molar-refractivity contribution in [3.63, 3.8) is 0 Å². The van der Waals surface area contributed by atoms with Crippen molar-refractivity contribution in [3.05, 3.63) is 85.8 Å². The molecule has 0 unspecified atom stereocenters. The second kappa shape index (κ2) is 9.28. The molecule has 0 aliphatic heterocycles. The minimum absolute atomic E-state index is 0.0663. The molecule has 3 aromatic rings. The number of benzene rings is 2. The lowest BCUT2D eigenvalue weighted by molar-refractivity contribution is 0.0688. The topological polar surface area (TPSA) is 105 Å². The van der Waals surface area contributed by atoms with Crippen molar-refractivity contribution in [2.75, 3.05) is 6.61 Å². The van der Waals surface area contributed by atoms with Crippen LogP contribution in [0.25, 0.3) is 17.8 Å². The fourth-order valence-corrected chi connectivity index (χ4v) is 3.05. The van der Waals surface area contributed by atoms with Crippen molar-refractivity contribution >= 4 is 29.7 Å². The number of aryl methyl sites for hydroxylation is 1. The molecule has 0 bridgehead atoms. The highest BCUT2D eigenvalue weighted by molar-refractivity contribution is 6.31. The van der Waals surface area contributed by atoms with Gasteiger partial charge in [-0.15, -0.1) is 0 Å². The lowest BCUT2D eigenvalue weighted by Crippen LogP contribution is -2.28. The Bertz CT molecular complexity index is 1270. The number of carbonyl (C=O) groups is 1. The molecule has 0 aliphatic carbocycles. The van der Waals surface area contributed by atoms with Crippen molar-refractivity contribution in [2.24, 2.45) is 0 Å². The molecule has 0 radical (unpaired) electrons. The van der Waals surface area contributed by atoms with Gasteiger partial charge in [0.2, 0.25) is 0 Å². The summed E-state index contributed by atoms with van der Waals surface area (Å²) in [6.07, 6.45) is 3.01. The molecule has 1 N–H and O–H groups in total. The number of hydrogen-bond acceptors (Lipinski definition) is 5. The Kier molecular flexibility index (Phi) is 6.53. The van der Waals surface area contributed by atoms with Gasteiger partial charge in [-0.1, -0.05) is 42.0 Å². The minimum atomic E-state index is -1.37. The first-order valence-electron chi connectivity index (χ1n) is 9.34. The number of carboxylic acid groups (broad SMARTS) is 1. The van der Waals surface area contributed by atoms with E-state index in [-0.39, 0.29) is 16.8 Å². The number of aromatic carboxylic acids is 1. The number of carboxylic acids is 1. The standard InChI is InChI=1S/C23H18ClN3O4/c1-3-31-17-9-5-15(6-10-17)7-11-18-19(13-25)22(28)27(26-21(18)23(29)30)16-8-4-14(2)20(24)12-16/h4-12H,3H2,1-2H3,(H,29,30)/b11-7-. The predicted molar refractivity (Wildman–Crippen MR) is 118 cm³/mol. The molecule has 0 saturated heterocycles. The largest absolute Gasteiger partial charge is 0.494 e. The number of halogens is 1. The van der Waals surface area contributed by atoms with Crippen LogP contribution in [-0.2, 0) is 0 Å². The molecule has 0 atom stereocenters. The first-order chi connectivity index (χ1) is 14.8. The van der Waals surface area contributed by atoms with Gasteiger partial charge in [-0.3, -0.25) is 4.79 Å². The van der Waals surface area contributed by atoms with E-state index >= 15 is 0 Å². The summed E-state index contributed by atoms with van der Waals surface area (Å²) in [5.74, 6) is -0.667. The predicted octanol–water partition coefficient (Wildman–Crippen LogP) is 4.33. The van der Waals surface area contributed by atoms with Gasteiger partial charge in [0, 0.05) is 10.6 Å². The lowest BCUT2D eigenvalue weighted by atomic mass is 10.1. The van der Waals surface area contributed by atoms with Gasteiger partial charge in [0.25, 0.3) is 5.56 Å². The number of nitrogens with zero attached hydrogens (tertiary/aromatic N) is 3. The maximum absolute atomic E-state index is 12.9.